The number of nitrogens with two attached hydrogens (primary N) is 6. The molecular formula is C64H106N38. The fraction of sp³-hybridized carbons (Fsp3) is 0.375. The summed E-state index contributed by atoms with van der Waals surface area (Å²) < 4.78 is 9.53. The first-order valence-electron chi connectivity index (χ1n) is 33.8. The zero-order chi connectivity index (χ0) is 76.0. The molecule has 12 rings (SSSR count). The van der Waals surface area contributed by atoms with Gasteiger partial charge < -0.3 is 66.3 Å². The summed E-state index contributed by atoms with van der Waals surface area (Å²) in [6, 6.07) is 18.1. The lowest BCUT2D eigenvalue weighted by Crippen LogP contribution is -2.07. The second-order valence-electron chi connectivity index (χ2n) is 17.4. The summed E-state index contributed by atoms with van der Waals surface area (Å²) in [5, 5.41) is 42.9. The molecule has 0 unspecified atom stereocenters. The molecule has 0 atom stereocenters. The van der Waals surface area contributed by atoms with E-state index >= 15 is 0 Å². The molecule has 38 nitrogen and oxygen atoms in total. The first kappa shape index (κ1) is 87.2. The minimum atomic E-state index is 0.213. The Bertz CT molecular complexity index is 3520. The van der Waals surface area contributed by atoms with Gasteiger partial charge in [-0.1, -0.05) is 83.1 Å². The Morgan fingerprint density at radius 1 is 0.265 bits per heavy atom. The summed E-state index contributed by atoms with van der Waals surface area (Å²) >= 11 is 0. The van der Waals surface area contributed by atoms with E-state index in [0.717, 1.165) is 62.0 Å². The summed E-state index contributed by atoms with van der Waals surface area (Å²) in [4.78, 5) is 55.9. The summed E-state index contributed by atoms with van der Waals surface area (Å²) in [5.74, 6) is 6.41. The number of rotatable bonds is 18. The fourth-order valence-electron chi connectivity index (χ4n) is 7.34. The third-order valence-corrected chi connectivity index (χ3v) is 11.0. The normalized spacial score (nSPS) is 9.35. The molecular weight excluding hydrogens is 1300 g/mol. The molecule has 0 fully saturated rings. The van der Waals surface area contributed by atoms with E-state index < -0.39 is 0 Å². The largest absolute Gasteiger partial charge is 0.368 e. The number of hydrogen-bond acceptors (Lipinski definition) is 32. The Kier molecular flexibility index (Phi) is 44.7. The van der Waals surface area contributed by atoms with Gasteiger partial charge in [-0.25, -0.2) is 19.9 Å². The molecule has 0 aromatic carbocycles. The van der Waals surface area contributed by atoms with Crippen molar-refractivity contribution in [3.63, 3.8) is 0 Å². The van der Waals surface area contributed by atoms with Crippen LogP contribution in [-0.2, 0) is 0 Å². The Labute approximate surface area is 597 Å². The van der Waals surface area contributed by atoms with Gasteiger partial charge >= 0.3 is 0 Å². The van der Waals surface area contributed by atoms with Crippen LogP contribution in [0.5, 0.6) is 0 Å². The quantitative estimate of drug-likeness (QED) is 0.0381. The lowest BCUT2D eigenvalue weighted by molar-refractivity contribution is 0.841. The van der Waals surface area contributed by atoms with Crippen LogP contribution in [0, 0.1) is 0 Å². The molecule has 102 heavy (non-hydrogen) atoms. The zero-order valence-electron chi connectivity index (χ0n) is 62.0. The lowest BCUT2D eigenvalue weighted by atomic mass is 10.4. The predicted molar refractivity (Wildman–Crippen MR) is 410 cm³/mol. The third kappa shape index (κ3) is 29.1. The summed E-state index contributed by atoms with van der Waals surface area (Å²) in [5.41, 5.74) is 37.1. The highest BCUT2D eigenvalue weighted by atomic mass is 15.5. The van der Waals surface area contributed by atoms with E-state index in [1.54, 1.807) is 102 Å². The molecule has 0 amide bonds. The molecule has 12 heterocycles. The van der Waals surface area contributed by atoms with Crippen molar-refractivity contribution in [2.45, 2.75) is 125 Å². The lowest BCUT2D eigenvalue weighted by Gasteiger charge is -2.04. The molecule has 552 valence electrons. The highest BCUT2D eigenvalue weighted by molar-refractivity contribution is 5.46. The summed E-state index contributed by atoms with van der Waals surface area (Å²) in [6.07, 6.45) is 19.7. The average molecular weight is 1410 g/mol. The zero-order valence-corrected chi connectivity index (χ0v) is 62.0. The Balaban J connectivity index is 0.000000593. The van der Waals surface area contributed by atoms with Gasteiger partial charge in [0.25, 0.3) is 0 Å². The van der Waals surface area contributed by atoms with Gasteiger partial charge in [0.2, 0.25) is 71.4 Å². The molecule has 0 aliphatic carbocycles. The van der Waals surface area contributed by atoms with Gasteiger partial charge in [-0.2, -0.15) is 58.0 Å². The first-order chi connectivity index (χ1) is 49.9. The first-order valence-corrected chi connectivity index (χ1v) is 33.8. The van der Waals surface area contributed by atoms with Crippen molar-refractivity contribution in [1.82, 2.24) is 128 Å². The van der Waals surface area contributed by atoms with Crippen LogP contribution in [0.2, 0.25) is 0 Å². The number of pyridine rings is 4. The van der Waals surface area contributed by atoms with Crippen LogP contribution in [0.15, 0.2) is 135 Å². The van der Waals surface area contributed by atoms with Crippen LogP contribution in [0.4, 0.5) is 71.4 Å². The Morgan fingerprint density at radius 2 is 0.490 bits per heavy atom. The van der Waals surface area contributed by atoms with E-state index in [9.17, 15) is 0 Å². The molecule has 38 heteroatoms. The third-order valence-electron chi connectivity index (χ3n) is 11.0. The number of aromatic nitrogens is 26. The van der Waals surface area contributed by atoms with E-state index in [1.807, 2.05) is 173 Å². The number of hydrogen-bond donors (Lipinski definition) is 12. The van der Waals surface area contributed by atoms with Crippen LogP contribution < -0.4 is 66.3 Å². The van der Waals surface area contributed by atoms with Crippen molar-refractivity contribution in [1.29, 1.82) is 0 Å². The van der Waals surface area contributed by atoms with Gasteiger partial charge in [-0.15, -0.1) is 30.6 Å². The number of nitrogens with one attached hydrogen (secondary N) is 6. The minimum Gasteiger partial charge on any atom is -0.368 e. The van der Waals surface area contributed by atoms with E-state index in [1.165, 1.54) is 12.7 Å². The molecule has 0 radical (unpaired) electrons. The van der Waals surface area contributed by atoms with Crippen LogP contribution in [-0.4, -0.2) is 168 Å². The standard InChI is InChI=1S/4C9H12N6.2C8H11N7.6C2H6/c2*1-2-12-9-13-8(10)15(14-9)7-3-5-11-6-4-7;2*1-2-12-9-13-8(10)14-15(9)7-3-5-11-6-4-7;2*1-2-11-8-13-7(9)14-15(8)6-3-4-10-5-12-6;6*1-2/h4*3-6H,2H2,1H3,(H3,10,12,13,14);2*3-5H,2H2,1H3,(H3,9,11,13,14);6*1-2H3. The van der Waals surface area contributed by atoms with Crippen LogP contribution >= 0.6 is 0 Å². The van der Waals surface area contributed by atoms with E-state index in [-0.39, 0.29) is 23.8 Å². The second kappa shape index (κ2) is 52.3. The monoisotopic (exact) mass is 1410 g/mol. The smallest absolute Gasteiger partial charge is 0.244 e. The molecule has 18 N–H and O–H groups in total. The maximum Gasteiger partial charge on any atom is 0.244 e. The molecule has 0 bridgehead atoms. The molecule has 0 aliphatic heterocycles. The SMILES string of the molecule is CC.CC.CC.CC.CC.CC.CCNc1nc(N)n(-c2ccncc2)n1.CCNc1nc(N)n(-c2ccncc2)n1.CCNc1nc(N)nn1-c1ccncc1.CCNc1nc(N)nn1-c1ccncc1.CCNc1nc(N)nn1-c1ccncn1.CCNc1nc(N)nn1-c1ccncn1. The van der Waals surface area contributed by atoms with E-state index in [4.69, 9.17) is 34.4 Å². The second-order valence-corrected chi connectivity index (χ2v) is 17.4. The highest BCUT2D eigenvalue weighted by Crippen LogP contribution is 2.18. The van der Waals surface area contributed by atoms with Gasteiger partial charge in [-0.05, 0) is 90.1 Å². The van der Waals surface area contributed by atoms with E-state index in [0.29, 0.717) is 59.2 Å². The van der Waals surface area contributed by atoms with Crippen molar-refractivity contribution >= 4 is 71.4 Å². The molecule has 0 aliphatic rings. The summed E-state index contributed by atoms with van der Waals surface area (Å²) in [6.45, 7) is 40.4. The van der Waals surface area contributed by atoms with Crippen LogP contribution in [0.3, 0.4) is 0 Å². The maximum absolute atomic E-state index is 5.73. The summed E-state index contributed by atoms with van der Waals surface area (Å²) in [7, 11) is 0. The topological polar surface area (TPSA) is 516 Å². The molecule has 12 aromatic rings. The van der Waals surface area contributed by atoms with Crippen molar-refractivity contribution in [2.24, 2.45) is 0 Å². The molecule has 0 saturated carbocycles. The predicted octanol–water partition coefficient (Wildman–Crippen LogP) is 9.01. The maximum atomic E-state index is 5.73. The Hall–Kier alpha value is -12.8. The Morgan fingerprint density at radius 3 is 0.725 bits per heavy atom. The van der Waals surface area contributed by atoms with Gasteiger partial charge in [0.1, 0.15) is 12.7 Å². The van der Waals surface area contributed by atoms with Crippen molar-refractivity contribution in [2.75, 3.05) is 106 Å². The number of nitrogens with zero attached hydrogens (tertiary/aromatic N) is 26. The van der Waals surface area contributed by atoms with Gasteiger partial charge in [0, 0.05) is 113 Å². The van der Waals surface area contributed by atoms with Crippen molar-refractivity contribution in [3.05, 3.63) is 135 Å². The van der Waals surface area contributed by atoms with Crippen molar-refractivity contribution < 1.29 is 0 Å². The highest BCUT2D eigenvalue weighted by Gasteiger charge is 2.14. The van der Waals surface area contributed by atoms with Gasteiger partial charge in [0.05, 0.1) is 22.7 Å². The molecule has 0 spiro atoms. The van der Waals surface area contributed by atoms with Crippen LogP contribution in [0.1, 0.15) is 125 Å². The van der Waals surface area contributed by atoms with E-state index in [2.05, 4.69) is 132 Å². The van der Waals surface area contributed by atoms with Crippen LogP contribution in [0.25, 0.3) is 34.4 Å². The number of nitrogen functional groups attached to an aromatic ring is 6. The average Bonchev–Trinajstić information content (AvgIpc) is 1.69. The number of anilines is 12. The molecule has 0 saturated heterocycles. The van der Waals surface area contributed by atoms with Gasteiger partial charge in [0.15, 0.2) is 11.6 Å². The fourth-order valence-corrected chi connectivity index (χ4v) is 7.34. The van der Waals surface area contributed by atoms with Crippen molar-refractivity contribution in [3.8, 4) is 34.4 Å². The van der Waals surface area contributed by atoms with Gasteiger partial charge in [-0.3, -0.25) is 19.9 Å². The molecule has 12 aromatic heterocycles. The minimum absolute atomic E-state index is 0.213.